The van der Waals surface area contributed by atoms with Gasteiger partial charge in [-0.3, -0.25) is 14.4 Å². The molecule has 26 heavy (non-hydrogen) atoms. The maximum absolute atomic E-state index is 12.7. The quantitative estimate of drug-likeness (QED) is 0.434. The van der Waals surface area contributed by atoms with Gasteiger partial charge in [0.05, 0.1) is 19.2 Å². The molecule has 2 N–H and O–H groups in total. The molecule has 1 aromatic carbocycles. The van der Waals surface area contributed by atoms with Crippen LogP contribution < -0.4 is 10.9 Å². The Morgan fingerprint density at radius 1 is 1.35 bits per heavy atom. The number of esters is 1. The van der Waals surface area contributed by atoms with Gasteiger partial charge in [0.2, 0.25) is 5.91 Å². The average molecular weight is 373 g/mol. The molecule has 1 unspecified atom stereocenters. The van der Waals surface area contributed by atoms with Gasteiger partial charge in [-0.1, -0.05) is 42.1 Å². The lowest BCUT2D eigenvalue weighted by Crippen LogP contribution is -2.30. The van der Waals surface area contributed by atoms with E-state index in [0.717, 1.165) is 30.2 Å². The van der Waals surface area contributed by atoms with E-state index >= 15 is 0 Å². The molecule has 7 nitrogen and oxygen atoms in total. The number of thioether (sulfide) groups is 1. The van der Waals surface area contributed by atoms with Crippen LogP contribution in [0.1, 0.15) is 29.3 Å². The first-order chi connectivity index (χ1) is 12.5. The first-order valence-electron chi connectivity index (χ1n) is 8.24. The largest absolute Gasteiger partial charge is 0.469 e. The summed E-state index contributed by atoms with van der Waals surface area (Å²) in [6.45, 7) is 0. The van der Waals surface area contributed by atoms with Crippen molar-refractivity contribution in [3.05, 3.63) is 58.0 Å². The van der Waals surface area contributed by atoms with Crippen molar-refractivity contribution in [2.24, 2.45) is 0 Å². The third kappa shape index (κ3) is 4.95. The molecule has 1 fully saturated rings. The summed E-state index contributed by atoms with van der Waals surface area (Å²) in [5.74, 6) is -0.602. The minimum absolute atomic E-state index is 0.0990. The van der Waals surface area contributed by atoms with E-state index in [0.29, 0.717) is 5.69 Å². The van der Waals surface area contributed by atoms with Crippen molar-refractivity contribution in [1.82, 2.24) is 15.3 Å². The Labute approximate surface area is 154 Å². The first kappa shape index (κ1) is 18.2. The number of hydrogen-bond acceptors (Lipinski definition) is 6. The highest BCUT2D eigenvalue weighted by Gasteiger charge is 2.29. The molecule has 2 aromatic rings. The summed E-state index contributed by atoms with van der Waals surface area (Å²) in [6.07, 6.45) is 1.88. The third-order valence-electron chi connectivity index (χ3n) is 3.82. The summed E-state index contributed by atoms with van der Waals surface area (Å²) in [7, 11) is 1.28. The average Bonchev–Trinajstić information content (AvgIpc) is 3.43. The van der Waals surface area contributed by atoms with Gasteiger partial charge in [-0.15, -0.1) is 0 Å². The van der Waals surface area contributed by atoms with E-state index in [4.69, 9.17) is 0 Å². The molecule has 1 atom stereocenters. The van der Waals surface area contributed by atoms with Crippen LogP contribution in [-0.4, -0.2) is 35.0 Å². The molecule has 8 heteroatoms. The second-order valence-corrected chi connectivity index (χ2v) is 7.08. The summed E-state index contributed by atoms with van der Waals surface area (Å²) < 4.78 is 4.61. The monoisotopic (exact) mass is 373 g/mol. The number of benzene rings is 1. The van der Waals surface area contributed by atoms with Gasteiger partial charge >= 0.3 is 5.97 Å². The van der Waals surface area contributed by atoms with E-state index in [2.05, 4.69) is 20.0 Å². The van der Waals surface area contributed by atoms with Crippen LogP contribution in [0.2, 0.25) is 0 Å². The number of amides is 1. The fraction of sp³-hybridized carbons (Fsp3) is 0.333. The van der Waals surface area contributed by atoms with Crippen molar-refractivity contribution < 1.29 is 14.3 Å². The van der Waals surface area contributed by atoms with Crippen LogP contribution >= 0.6 is 11.8 Å². The molecule has 1 aliphatic rings. The fourth-order valence-corrected chi connectivity index (χ4v) is 3.39. The maximum Gasteiger partial charge on any atom is 0.311 e. The summed E-state index contributed by atoms with van der Waals surface area (Å²) >= 11 is 1.15. The zero-order chi connectivity index (χ0) is 18.5. The molecule has 1 aromatic heterocycles. The minimum Gasteiger partial charge on any atom is -0.469 e. The van der Waals surface area contributed by atoms with E-state index in [1.807, 2.05) is 30.3 Å². The van der Waals surface area contributed by atoms with Crippen molar-refractivity contribution in [2.75, 3.05) is 7.11 Å². The van der Waals surface area contributed by atoms with Crippen molar-refractivity contribution in [2.45, 2.75) is 35.7 Å². The molecule has 0 aliphatic heterocycles. The lowest BCUT2D eigenvalue weighted by atomic mass is 10.1. The van der Waals surface area contributed by atoms with Crippen LogP contribution in [0.3, 0.4) is 0 Å². The highest BCUT2D eigenvalue weighted by atomic mass is 32.2. The van der Waals surface area contributed by atoms with Gasteiger partial charge < -0.3 is 15.0 Å². The standard InChI is InChI=1S/C18H19N3O4S/c1-25-15(23)10-13-9-14(22)21-18(20-13)26-16(11-5-3-2-4-6-11)17(24)19-12-7-8-12/h2-6,9,12,16H,7-8,10H2,1H3,(H,19,24)(H,20,21,22). The van der Waals surface area contributed by atoms with Crippen LogP contribution in [0.4, 0.5) is 0 Å². The van der Waals surface area contributed by atoms with Crippen LogP contribution in [0, 0.1) is 0 Å². The highest BCUT2D eigenvalue weighted by molar-refractivity contribution is 8.00. The number of nitrogens with zero attached hydrogens (tertiary/aromatic N) is 1. The molecule has 0 bridgehead atoms. The van der Waals surface area contributed by atoms with Crippen LogP contribution in [0.25, 0.3) is 0 Å². The number of ether oxygens (including phenoxy) is 1. The molecule has 0 radical (unpaired) electrons. The lowest BCUT2D eigenvalue weighted by Gasteiger charge is -2.16. The zero-order valence-electron chi connectivity index (χ0n) is 14.2. The smallest absolute Gasteiger partial charge is 0.311 e. The van der Waals surface area contributed by atoms with Crippen LogP contribution in [0.5, 0.6) is 0 Å². The van der Waals surface area contributed by atoms with E-state index in [-0.39, 0.29) is 29.1 Å². The van der Waals surface area contributed by atoms with Crippen molar-refractivity contribution in [3.63, 3.8) is 0 Å². The van der Waals surface area contributed by atoms with Crippen molar-refractivity contribution >= 4 is 23.6 Å². The van der Waals surface area contributed by atoms with E-state index in [1.165, 1.54) is 13.2 Å². The maximum atomic E-state index is 12.7. The summed E-state index contributed by atoms with van der Waals surface area (Å²) in [5.41, 5.74) is 0.741. The van der Waals surface area contributed by atoms with E-state index < -0.39 is 11.2 Å². The summed E-state index contributed by atoms with van der Waals surface area (Å²) in [6, 6.07) is 10.8. The Bertz CT molecular complexity index is 849. The molecule has 136 valence electrons. The molecule has 0 spiro atoms. The number of H-pyrrole nitrogens is 1. The Hall–Kier alpha value is -2.61. The summed E-state index contributed by atoms with van der Waals surface area (Å²) in [5, 5.41) is 2.73. The molecule has 1 heterocycles. The van der Waals surface area contributed by atoms with Crippen molar-refractivity contribution in [1.29, 1.82) is 0 Å². The summed E-state index contributed by atoms with van der Waals surface area (Å²) in [4.78, 5) is 42.9. The number of carbonyl (C=O) groups is 2. The molecule has 1 aliphatic carbocycles. The third-order valence-corrected chi connectivity index (χ3v) is 4.96. The van der Waals surface area contributed by atoms with Gasteiger partial charge in [0.1, 0.15) is 5.25 Å². The van der Waals surface area contributed by atoms with Gasteiger partial charge in [0.25, 0.3) is 5.56 Å². The number of nitrogens with one attached hydrogen (secondary N) is 2. The number of aromatic amines is 1. The Kier molecular flexibility index (Phi) is 5.72. The number of aromatic nitrogens is 2. The van der Waals surface area contributed by atoms with Gasteiger partial charge in [0, 0.05) is 12.1 Å². The first-order valence-corrected chi connectivity index (χ1v) is 9.12. The van der Waals surface area contributed by atoms with Gasteiger partial charge in [-0.2, -0.15) is 0 Å². The molecule has 3 rings (SSSR count). The Balaban J connectivity index is 1.85. The molecule has 1 saturated carbocycles. The van der Waals surface area contributed by atoms with E-state index in [1.54, 1.807) is 0 Å². The number of rotatable bonds is 7. The van der Waals surface area contributed by atoms with Gasteiger partial charge in [-0.05, 0) is 18.4 Å². The van der Waals surface area contributed by atoms with Crippen LogP contribution in [0.15, 0.2) is 46.3 Å². The molecular formula is C18H19N3O4S. The number of carbonyl (C=O) groups excluding carboxylic acids is 2. The molecular weight excluding hydrogens is 354 g/mol. The van der Waals surface area contributed by atoms with Gasteiger partial charge in [-0.25, -0.2) is 4.98 Å². The minimum atomic E-state index is -0.548. The normalized spacial score (nSPS) is 14.5. The Morgan fingerprint density at radius 2 is 2.08 bits per heavy atom. The second kappa shape index (κ2) is 8.18. The molecule has 0 saturated heterocycles. The molecule has 1 amide bonds. The van der Waals surface area contributed by atoms with Crippen molar-refractivity contribution in [3.8, 4) is 0 Å². The SMILES string of the molecule is COC(=O)Cc1cc(=O)[nH]c(SC(C(=O)NC2CC2)c2ccccc2)n1. The second-order valence-electron chi connectivity index (χ2n) is 5.99. The lowest BCUT2D eigenvalue weighted by molar-refractivity contribution is -0.139. The highest BCUT2D eigenvalue weighted by Crippen LogP contribution is 2.34. The van der Waals surface area contributed by atoms with Gasteiger partial charge in [0.15, 0.2) is 5.16 Å². The number of methoxy groups -OCH3 is 1. The number of hydrogen-bond donors (Lipinski definition) is 2. The fourth-order valence-electron chi connectivity index (χ4n) is 2.37. The predicted octanol–water partition coefficient (Wildman–Crippen LogP) is 1.60. The van der Waals surface area contributed by atoms with E-state index in [9.17, 15) is 14.4 Å². The van der Waals surface area contributed by atoms with Crippen LogP contribution in [-0.2, 0) is 20.7 Å². The Morgan fingerprint density at radius 3 is 2.73 bits per heavy atom. The zero-order valence-corrected chi connectivity index (χ0v) is 15.0. The topological polar surface area (TPSA) is 101 Å². The predicted molar refractivity (Wildman–Crippen MR) is 96.8 cm³/mol.